The lowest BCUT2D eigenvalue weighted by molar-refractivity contribution is 1.10. The summed E-state index contributed by atoms with van der Waals surface area (Å²) in [5, 5.41) is 0. The Hall–Kier alpha value is -0.370. The van der Waals surface area contributed by atoms with Gasteiger partial charge in [-0.05, 0) is 18.6 Å². The summed E-state index contributed by atoms with van der Waals surface area (Å²) in [6, 6.07) is 10.1. The van der Waals surface area contributed by atoms with Crippen molar-refractivity contribution in [2.45, 2.75) is 6.92 Å². The summed E-state index contributed by atoms with van der Waals surface area (Å²) >= 11 is 4.32. The molecule has 4 heteroatoms. The maximum atomic E-state index is 4.36. The maximum absolute atomic E-state index is 4.36. The number of halogens is 2. The van der Waals surface area contributed by atoms with E-state index < -0.39 is 0 Å². The van der Waals surface area contributed by atoms with Crippen molar-refractivity contribution in [1.29, 1.82) is 0 Å². The molecule has 0 saturated heterocycles. The zero-order chi connectivity index (χ0) is 12.0. The van der Waals surface area contributed by atoms with Crippen molar-refractivity contribution in [2.24, 2.45) is 4.99 Å². The van der Waals surface area contributed by atoms with Crippen LogP contribution >= 0.6 is 45.7 Å². The maximum Gasteiger partial charge on any atom is 0.0697 e. The van der Waals surface area contributed by atoms with Crippen LogP contribution in [0.5, 0.6) is 0 Å². The van der Waals surface area contributed by atoms with E-state index in [9.17, 15) is 0 Å². The highest BCUT2D eigenvalue weighted by Gasteiger charge is 1.94. The van der Waals surface area contributed by atoms with Crippen molar-refractivity contribution >= 4 is 51.4 Å². The molecule has 0 fully saturated rings. The minimum atomic E-state index is 0.908. The summed E-state index contributed by atoms with van der Waals surface area (Å²) in [7, 11) is 0. The SMILES string of the molecule is C=C(/C=C\N=C(C)c1ccccc1)N(I)I. The van der Waals surface area contributed by atoms with Gasteiger partial charge >= 0.3 is 0 Å². The fourth-order valence-corrected chi connectivity index (χ4v) is 1.37. The molecule has 0 unspecified atom stereocenters. The van der Waals surface area contributed by atoms with Gasteiger partial charge in [-0.3, -0.25) is 6.32 Å². The van der Waals surface area contributed by atoms with E-state index >= 15 is 0 Å². The van der Waals surface area contributed by atoms with Gasteiger partial charge in [0.2, 0.25) is 0 Å². The Kier molecular flexibility index (Phi) is 6.04. The standard InChI is InChI=1S/C12H12I2N2/c1-10(16(13)14)8-9-15-11(2)12-6-4-3-5-7-12/h3-9H,1H2,2H3/b9-8-,15-11?. The van der Waals surface area contributed by atoms with Crippen LogP contribution in [-0.4, -0.2) is 7.04 Å². The van der Waals surface area contributed by atoms with Gasteiger partial charge < -0.3 is 0 Å². The molecule has 2 nitrogen and oxygen atoms in total. The lowest BCUT2D eigenvalue weighted by atomic mass is 10.1. The van der Waals surface area contributed by atoms with E-state index in [1.54, 1.807) is 6.20 Å². The summed E-state index contributed by atoms with van der Waals surface area (Å²) in [5.41, 5.74) is 3.04. The fraction of sp³-hybridized carbons (Fsp3) is 0.0833. The highest BCUT2D eigenvalue weighted by molar-refractivity contribution is 14.2. The van der Waals surface area contributed by atoms with E-state index in [2.05, 4.69) is 57.3 Å². The summed E-state index contributed by atoms with van der Waals surface area (Å²) in [6.07, 6.45) is 3.65. The molecular formula is C12H12I2N2. The van der Waals surface area contributed by atoms with E-state index in [4.69, 9.17) is 0 Å². The average molecular weight is 438 g/mol. The number of hydrogen-bond acceptors (Lipinski definition) is 2. The van der Waals surface area contributed by atoms with Crippen LogP contribution in [0.25, 0.3) is 0 Å². The molecule has 0 atom stereocenters. The van der Waals surface area contributed by atoms with Gasteiger partial charge in [0.1, 0.15) is 0 Å². The molecule has 0 bridgehead atoms. The van der Waals surface area contributed by atoms with Crippen LogP contribution in [0, 0.1) is 0 Å². The van der Waals surface area contributed by atoms with Crippen LogP contribution in [0.4, 0.5) is 0 Å². The molecule has 1 aromatic rings. The monoisotopic (exact) mass is 438 g/mol. The summed E-state index contributed by atoms with van der Waals surface area (Å²) in [6.45, 7) is 5.87. The van der Waals surface area contributed by atoms with Gasteiger partial charge in [0.15, 0.2) is 0 Å². The zero-order valence-electron chi connectivity index (χ0n) is 8.90. The van der Waals surface area contributed by atoms with Crippen LogP contribution in [0.2, 0.25) is 0 Å². The third-order valence-corrected chi connectivity index (χ3v) is 3.18. The second-order valence-corrected chi connectivity index (χ2v) is 6.90. The highest BCUT2D eigenvalue weighted by atomic mass is 127. The van der Waals surface area contributed by atoms with Crippen LogP contribution in [-0.2, 0) is 0 Å². The van der Waals surface area contributed by atoms with Gasteiger partial charge in [0, 0.05) is 11.9 Å². The van der Waals surface area contributed by atoms with Crippen molar-refractivity contribution in [3.05, 3.63) is 60.4 Å². The minimum Gasteiger partial charge on any atom is -0.261 e. The molecule has 1 rings (SSSR count). The summed E-state index contributed by atoms with van der Waals surface area (Å²) in [4.78, 5) is 4.36. The van der Waals surface area contributed by atoms with E-state index in [0.29, 0.717) is 0 Å². The molecular weight excluding hydrogens is 426 g/mol. The van der Waals surface area contributed by atoms with Crippen LogP contribution in [0.3, 0.4) is 0 Å². The van der Waals surface area contributed by atoms with E-state index in [0.717, 1.165) is 17.0 Å². The van der Waals surface area contributed by atoms with Gasteiger partial charge in [0.05, 0.1) is 51.4 Å². The van der Waals surface area contributed by atoms with Gasteiger partial charge in [-0.15, -0.1) is 0 Å². The first kappa shape index (κ1) is 13.7. The largest absolute Gasteiger partial charge is 0.261 e. The van der Waals surface area contributed by atoms with E-state index in [-0.39, 0.29) is 0 Å². The number of aliphatic imine (C=N–C) groups is 1. The molecule has 0 amide bonds. The number of rotatable bonds is 4. The Bertz CT molecular complexity index is 408. The van der Waals surface area contributed by atoms with Gasteiger partial charge in [0.25, 0.3) is 0 Å². The van der Waals surface area contributed by atoms with E-state index in [1.165, 1.54) is 0 Å². The molecule has 0 aromatic heterocycles. The predicted molar refractivity (Wildman–Crippen MR) is 86.8 cm³/mol. The van der Waals surface area contributed by atoms with Crippen molar-refractivity contribution in [1.82, 2.24) is 1.33 Å². The van der Waals surface area contributed by atoms with Crippen molar-refractivity contribution in [2.75, 3.05) is 0 Å². The molecule has 0 aliphatic carbocycles. The quantitative estimate of drug-likeness (QED) is 0.292. The molecule has 0 saturated carbocycles. The Balaban J connectivity index is 2.69. The first-order chi connectivity index (χ1) is 7.61. The van der Waals surface area contributed by atoms with Crippen LogP contribution in [0.1, 0.15) is 12.5 Å². The van der Waals surface area contributed by atoms with Gasteiger partial charge in [-0.2, -0.15) is 0 Å². The highest BCUT2D eigenvalue weighted by Crippen LogP contribution is 2.16. The second kappa shape index (κ2) is 7.05. The molecule has 0 aliphatic heterocycles. The molecule has 16 heavy (non-hydrogen) atoms. The normalized spacial score (nSPS) is 11.8. The topological polar surface area (TPSA) is 15.6 Å². The smallest absolute Gasteiger partial charge is 0.0697 e. The first-order valence-corrected chi connectivity index (χ1v) is 6.61. The molecule has 0 radical (unpaired) electrons. The van der Waals surface area contributed by atoms with Crippen molar-refractivity contribution < 1.29 is 0 Å². The second-order valence-electron chi connectivity index (χ2n) is 3.12. The molecule has 0 heterocycles. The first-order valence-electron chi connectivity index (χ1n) is 4.68. The zero-order valence-corrected chi connectivity index (χ0v) is 13.2. The number of nitrogens with zero attached hydrogens (tertiary/aromatic N) is 2. The van der Waals surface area contributed by atoms with Crippen LogP contribution < -0.4 is 0 Å². The molecule has 0 aliphatic rings. The lowest BCUT2D eigenvalue weighted by Crippen LogP contribution is -1.93. The third-order valence-electron chi connectivity index (χ3n) is 1.94. The average Bonchev–Trinajstić information content (AvgIpc) is 2.29. The Morgan fingerprint density at radius 2 is 1.94 bits per heavy atom. The number of hydrogen-bond donors (Lipinski definition) is 0. The number of allylic oxidation sites excluding steroid dienone is 1. The van der Waals surface area contributed by atoms with Crippen molar-refractivity contribution in [3.63, 3.8) is 0 Å². The van der Waals surface area contributed by atoms with Gasteiger partial charge in [-0.1, -0.05) is 36.9 Å². The van der Waals surface area contributed by atoms with Crippen molar-refractivity contribution in [3.8, 4) is 0 Å². The fourth-order valence-electron chi connectivity index (χ4n) is 1.05. The minimum absolute atomic E-state index is 0.908. The third kappa shape index (κ3) is 4.65. The predicted octanol–water partition coefficient (Wildman–Crippen LogP) is 4.53. The van der Waals surface area contributed by atoms with Crippen LogP contribution in [0.15, 0.2) is 59.9 Å². The molecule has 0 N–H and O–H groups in total. The Labute approximate surface area is 124 Å². The summed E-state index contributed by atoms with van der Waals surface area (Å²) < 4.78 is 1.89. The molecule has 84 valence electrons. The number of benzene rings is 1. The molecule has 1 aromatic carbocycles. The molecule has 0 spiro atoms. The van der Waals surface area contributed by atoms with Gasteiger partial charge in [-0.25, -0.2) is 0 Å². The summed E-state index contributed by atoms with van der Waals surface area (Å²) in [5.74, 6) is 0. The Morgan fingerprint density at radius 1 is 1.31 bits per heavy atom. The van der Waals surface area contributed by atoms with E-state index in [1.807, 2.05) is 44.7 Å². The Morgan fingerprint density at radius 3 is 2.50 bits per heavy atom. The lowest BCUT2D eigenvalue weighted by Gasteiger charge is -2.04.